The maximum atomic E-state index is 4.94. The number of nitrogens with zero attached hydrogens (tertiary/aromatic N) is 2. The van der Waals surface area contributed by atoms with Gasteiger partial charge >= 0.3 is 0 Å². The third-order valence-electron chi connectivity index (χ3n) is 4.82. The number of aromatic nitrogens is 2. The molecule has 0 saturated heterocycles. The van der Waals surface area contributed by atoms with E-state index in [-0.39, 0.29) is 0 Å². The standard InChI is InChI=1S/C25H24N4S/c1-18-10-9-11-19(2)23(18)22-17-27-24(26-16-20-12-5-3-6-13-20)25(28-22)29-30-21-14-7-4-8-15-21/h3-15,17H,16H2,1-2H3,(H,26,27)(H,28,29). The highest BCUT2D eigenvalue weighted by molar-refractivity contribution is 8.00. The molecule has 4 nitrogen and oxygen atoms in total. The molecule has 1 heterocycles. The molecule has 2 N–H and O–H groups in total. The molecule has 0 aliphatic rings. The molecule has 4 aromatic rings. The summed E-state index contributed by atoms with van der Waals surface area (Å²) >= 11 is 1.53. The minimum Gasteiger partial charge on any atom is -0.363 e. The molecule has 0 aliphatic heterocycles. The first-order valence-electron chi connectivity index (χ1n) is 9.90. The Morgan fingerprint density at radius 1 is 0.767 bits per heavy atom. The zero-order valence-corrected chi connectivity index (χ0v) is 17.9. The van der Waals surface area contributed by atoms with Crippen LogP contribution in [0, 0.1) is 13.8 Å². The van der Waals surface area contributed by atoms with Gasteiger partial charge in [0.25, 0.3) is 0 Å². The average Bonchev–Trinajstić information content (AvgIpc) is 2.78. The van der Waals surface area contributed by atoms with Crippen molar-refractivity contribution in [2.45, 2.75) is 25.3 Å². The molecule has 5 heteroatoms. The lowest BCUT2D eigenvalue weighted by Crippen LogP contribution is -2.06. The van der Waals surface area contributed by atoms with E-state index in [4.69, 9.17) is 9.97 Å². The van der Waals surface area contributed by atoms with E-state index >= 15 is 0 Å². The van der Waals surface area contributed by atoms with Gasteiger partial charge in [0.15, 0.2) is 11.6 Å². The number of rotatable bonds is 7. The van der Waals surface area contributed by atoms with E-state index in [1.807, 2.05) is 42.6 Å². The summed E-state index contributed by atoms with van der Waals surface area (Å²) < 4.78 is 3.40. The fourth-order valence-electron chi connectivity index (χ4n) is 3.31. The molecule has 0 unspecified atom stereocenters. The molecule has 0 atom stereocenters. The second-order valence-corrected chi connectivity index (χ2v) is 7.96. The summed E-state index contributed by atoms with van der Waals surface area (Å²) in [4.78, 5) is 10.8. The number of hydrogen-bond donors (Lipinski definition) is 2. The van der Waals surface area contributed by atoms with Gasteiger partial charge in [-0.2, -0.15) is 0 Å². The number of anilines is 2. The Morgan fingerprint density at radius 3 is 2.13 bits per heavy atom. The number of hydrogen-bond acceptors (Lipinski definition) is 5. The van der Waals surface area contributed by atoms with Crippen molar-refractivity contribution in [1.29, 1.82) is 0 Å². The monoisotopic (exact) mass is 412 g/mol. The molecular weight excluding hydrogens is 388 g/mol. The van der Waals surface area contributed by atoms with E-state index in [2.05, 4.69) is 66.4 Å². The normalized spacial score (nSPS) is 10.6. The Kier molecular flexibility index (Phi) is 6.30. The quantitative estimate of drug-likeness (QED) is 0.340. The van der Waals surface area contributed by atoms with E-state index in [1.54, 1.807) is 0 Å². The largest absolute Gasteiger partial charge is 0.363 e. The molecule has 4 rings (SSSR count). The predicted molar refractivity (Wildman–Crippen MR) is 127 cm³/mol. The highest BCUT2D eigenvalue weighted by Gasteiger charge is 2.13. The molecular formula is C25H24N4S. The van der Waals surface area contributed by atoms with Crippen molar-refractivity contribution in [1.82, 2.24) is 9.97 Å². The van der Waals surface area contributed by atoms with Gasteiger partial charge in [0, 0.05) is 17.0 Å². The second-order valence-electron chi connectivity index (χ2n) is 7.08. The van der Waals surface area contributed by atoms with Gasteiger partial charge in [-0.05, 0) is 54.6 Å². The minimum atomic E-state index is 0.683. The van der Waals surface area contributed by atoms with Crippen LogP contribution in [-0.4, -0.2) is 9.97 Å². The lowest BCUT2D eigenvalue weighted by molar-refractivity contribution is 1.09. The Labute approximate surface area is 181 Å². The highest BCUT2D eigenvalue weighted by Crippen LogP contribution is 2.30. The van der Waals surface area contributed by atoms with Gasteiger partial charge in [-0.1, -0.05) is 66.7 Å². The van der Waals surface area contributed by atoms with E-state index in [0.717, 1.165) is 27.8 Å². The van der Waals surface area contributed by atoms with Crippen molar-refractivity contribution in [2.75, 3.05) is 10.0 Å². The van der Waals surface area contributed by atoms with Gasteiger partial charge in [0.2, 0.25) is 0 Å². The van der Waals surface area contributed by atoms with Crippen molar-refractivity contribution in [3.8, 4) is 11.3 Å². The molecule has 0 radical (unpaired) electrons. The molecule has 0 amide bonds. The fraction of sp³-hybridized carbons (Fsp3) is 0.120. The van der Waals surface area contributed by atoms with E-state index in [0.29, 0.717) is 6.54 Å². The first-order valence-corrected chi connectivity index (χ1v) is 10.7. The van der Waals surface area contributed by atoms with Gasteiger partial charge in [0.05, 0.1) is 11.9 Å². The van der Waals surface area contributed by atoms with Crippen LogP contribution in [0.1, 0.15) is 16.7 Å². The molecule has 1 aromatic heterocycles. The summed E-state index contributed by atoms with van der Waals surface area (Å²) in [5.74, 6) is 1.46. The van der Waals surface area contributed by atoms with Crippen molar-refractivity contribution in [3.63, 3.8) is 0 Å². The topological polar surface area (TPSA) is 49.8 Å². The van der Waals surface area contributed by atoms with Crippen LogP contribution in [0.3, 0.4) is 0 Å². The van der Waals surface area contributed by atoms with Crippen LogP contribution in [0.5, 0.6) is 0 Å². The van der Waals surface area contributed by atoms with E-state index < -0.39 is 0 Å². The van der Waals surface area contributed by atoms with Crippen LogP contribution in [0.15, 0.2) is 90.0 Å². The first kappa shape index (κ1) is 20.0. The van der Waals surface area contributed by atoms with Crippen molar-refractivity contribution >= 4 is 23.6 Å². The van der Waals surface area contributed by atoms with Crippen molar-refractivity contribution < 1.29 is 0 Å². The van der Waals surface area contributed by atoms with Crippen LogP contribution >= 0.6 is 11.9 Å². The number of aryl methyl sites for hydroxylation is 2. The third kappa shape index (κ3) is 4.81. The van der Waals surface area contributed by atoms with Crippen molar-refractivity contribution in [2.24, 2.45) is 0 Å². The summed E-state index contributed by atoms with van der Waals surface area (Å²) in [7, 11) is 0. The third-order valence-corrected chi connectivity index (χ3v) is 5.62. The highest BCUT2D eigenvalue weighted by atomic mass is 32.2. The minimum absolute atomic E-state index is 0.683. The molecule has 30 heavy (non-hydrogen) atoms. The van der Waals surface area contributed by atoms with Crippen LogP contribution in [0.2, 0.25) is 0 Å². The molecule has 0 fully saturated rings. The van der Waals surface area contributed by atoms with Gasteiger partial charge in [-0.3, -0.25) is 0 Å². The molecule has 0 saturated carbocycles. The van der Waals surface area contributed by atoms with E-state index in [9.17, 15) is 0 Å². The van der Waals surface area contributed by atoms with Gasteiger partial charge < -0.3 is 10.0 Å². The SMILES string of the molecule is Cc1cccc(C)c1-c1cnc(NCc2ccccc2)c(NSc2ccccc2)n1. The molecule has 3 aromatic carbocycles. The van der Waals surface area contributed by atoms with Gasteiger partial charge in [-0.15, -0.1) is 0 Å². The van der Waals surface area contributed by atoms with Crippen LogP contribution in [-0.2, 0) is 6.54 Å². The maximum Gasteiger partial charge on any atom is 0.180 e. The summed E-state index contributed by atoms with van der Waals surface area (Å²) in [5, 5.41) is 3.42. The molecule has 0 aliphatic carbocycles. The lowest BCUT2D eigenvalue weighted by atomic mass is 10.0. The second kappa shape index (κ2) is 9.46. The zero-order valence-electron chi connectivity index (χ0n) is 17.1. The maximum absolute atomic E-state index is 4.94. The lowest BCUT2D eigenvalue weighted by Gasteiger charge is -2.15. The summed E-state index contributed by atoms with van der Waals surface area (Å²) in [6.45, 7) is 4.90. The Balaban J connectivity index is 1.64. The van der Waals surface area contributed by atoms with Crippen LogP contribution in [0.25, 0.3) is 11.3 Å². The van der Waals surface area contributed by atoms with Crippen molar-refractivity contribution in [3.05, 3.63) is 102 Å². The average molecular weight is 413 g/mol. The first-order chi connectivity index (χ1) is 14.7. The zero-order chi connectivity index (χ0) is 20.8. The van der Waals surface area contributed by atoms with Gasteiger partial charge in [-0.25, -0.2) is 9.97 Å². The van der Waals surface area contributed by atoms with Crippen LogP contribution in [0.4, 0.5) is 11.6 Å². The molecule has 0 bridgehead atoms. The summed E-state index contributed by atoms with van der Waals surface area (Å²) in [6, 6.07) is 26.8. The number of nitrogens with one attached hydrogen (secondary N) is 2. The summed E-state index contributed by atoms with van der Waals surface area (Å²) in [6.07, 6.45) is 1.85. The number of benzene rings is 3. The summed E-state index contributed by atoms with van der Waals surface area (Å²) in [5.41, 5.74) is 5.58. The smallest absolute Gasteiger partial charge is 0.180 e. The van der Waals surface area contributed by atoms with E-state index in [1.165, 1.54) is 28.6 Å². The Hall–Kier alpha value is -3.31. The molecule has 0 spiro atoms. The fourth-order valence-corrected chi connectivity index (χ4v) is 3.96. The Morgan fingerprint density at radius 2 is 1.43 bits per heavy atom. The van der Waals surface area contributed by atoms with Gasteiger partial charge in [0.1, 0.15) is 0 Å². The van der Waals surface area contributed by atoms with Crippen LogP contribution < -0.4 is 10.0 Å². The predicted octanol–water partition coefficient (Wildman–Crippen LogP) is 6.49. The molecule has 150 valence electrons. The Bertz CT molecular complexity index is 1090.